The van der Waals surface area contributed by atoms with Crippen molar-refractivity contribution in [2.75, 3.05) is 13.1 Å². The van der Waals surface area contributed by atoms with Gasteiger partial charge in [-0.2, -0.15) is 0 Å². The van der Waals surface area contributed by atoms with Gasteiger partial charge in [-0.15, -0.1) is 0 Å². The van der Waals surface area contributed by atoms with Crippen LogP contribution in [0.2, 0.25) is 0 Å². The number of imidazole rings is 1. The highest BCUT2D eigenvalue weighted by Gasteiger charge is 2.37. The number of piperidine rings is 1. The maximum Gasteiger partial charge on any atom is 0.116 e. The summed E-state index contributed by atoms with van der Waals surface area (Å²) in [5.41, 5.74) is 2.59. The first-order chi connectivity index (χ1) is 10.1. The average molecular weight is 350 g/mol. The average Bonchev–Trinajstić information content (AvgIpc) is 2.87. The van der Waals surface area contributed by atoms with Crippen molar-refractivity contribution in [2.45, 2.75) is 51.5 Å². The third-order valence-electron chi connectivity index (χ3n) is 4.88. The summed E-state index contributed by atoms with van der Waals surface area (Å²) in [5.74, 6) is 1.29. The van der Waals surface area contributed by atoms with Crippen molar-refractivity contribution in [3.63, 3.8) is 0 Å². The van der Waals surface area contributed by atoms with E-state index in [1.54, 1.807) is 0 Å². The minimum Gasteiger partial charge on any atom is -0.325 e. The minimum atomic E-state index is 0.223. The van der Waals surface area contributed by atoms with E-state index in [9.17, 15) is 0 Å². The first-order valence-corrected chi connectivity index (χ1v) is 8.75. The smallest absolute Gasteiger partial charge is 0.116 e. The lowest BCUT2D eigenvalue weighted by molar-refractivity contribution is 0.271. The molecule has 1 N–H and O–H groups in total. The number of aromatic nitrogens is 2. The molecule has 21 heavy (non-hydrogen) atoms. The molecular weight excluding hydrogens is 326 g/mol. The van der Waals surface area contributed by atoms with E-state index in [1.165, 1.54) is 24.2 Å². The first-order valence-electron chi connectivity index (χ1n) is 7.96. The van der Waals surface area contributed by atoms with Crippen LogP contribution in [0.25, 0.3) is 11.0 Å². The van der Waals surface area contributed by atoms with Gasteiger partial charge in [-0.3, -0.25) is 0 Å². The van der Waals surface area contributed by atoms with E-state index in [0.29, 0.717) is 6.04 Å². The summed E-state index contributed by atoms with van der Waals surface area (Å²) < 4.78 is 3.56. The Balaban J connectivity index is 2.22. The van der Waals surface area contributed by atoms with Crippen molar-refractivity contribution in [1.29, 1.82) is 0 Å². The standard InChI is InChI=1S/C17H24BrN3/c1-4-17(7-9-19-10-8-17)16-20-14-11-13(18)5-6-15(14)21(16)12(2)3/h5-6,11-12,19H,4,7-10H2,1-3H3. The molecule has 0 amide bonds. The fraction of sp³-hybridized carbons (Fsp3) is 0.588. The van der Waals surface area contributed by atoms with E-state index in [4.69, 9.17) is 4.98 Å². The van der Waals surface area contributed by atoms with Crippen LogP contribution >= 0.6 is 15.9 Å². The lowest BCUT2D eigenvalue weighted by Gasteiger charge is -2.37. The molecular formula is C17H24BrN3. The van der Waals surface area contributed by atoms with Crippen molar-refractivity contribution < 1.29 is 0 Å². The molecule has 0 radical (unpaired) electrons. The van der Waals surface area contributed by atoms with Gasteiger partial charge >= 0.3 is 0 Å². The molecule has 0 saturated carbocycles. The lowest BCUT2D eigenvalue weighted by Crippen LogP contribution is -2.41. The summed E-state index contributed by atoms with van der Waals surface area (Å²) in [4.78, 5) is 5.07. The van der Waals surface area contributed by atoms with Gasteiger partial charge in [0.05, 0.1) is 11.0 Å². The molecule has 1 fully saturated rings. The van der Waals surface area contributed by atoms with E-state index in [1.807, 2.05) is 0 Å². The third kappa shape index (κ3) is 2.53. The van der Waals surface area contributed by atoms with Crippen molar-refractivity contribution in [2.24, 2.45) is 0 Å². The number of hydrogen-bond donors (Lipinski definition) is 1. The summed E-state index contributed by atoms with van der Waals surface area (Å²) in [6.07, 6.45) is 3.52. The summed E-state index contributed by atoms with van der Waals surface area (Å²) in [6, 6.07) is 6.89. The molecule has 3 nitrogen and oxygen atoms in total. The normalized spacial score (nSPS) is 18.5. The van der Waals surface area contributed by atoms with Crippen LogP contribution in [0.15, 0.2) is 22.7 Å². The summed E-state index contributed by atoms with van der Waals surface area (Å²) in [7, 11) is 0. The van der Waals surface area contributed by atoms with Gasteiger partial charge in [0.15, 0.2) is 0 Å². The second kappa shape index (κ2) is 5.73. The fourth-order valence-electron chi connectivity index (χ4n) is 3.61. The van der Waals surface area contributed by atoms with Crippen LogP contribution in [0, 0.1) is 0 Å². The Labute approximate surface area is 135 Å². The van der Waals surface area contributed by atoms with E-state index < -0.39 is 0 Å². The molecule has 0 spiro atoms. The molecule has 1 aliphatic rings. The summed E-state index contributed by atoms with van der Waals surface area (Å²) >= 11 is 3.57. The maximum absolute atomic E-state index is 5.07. The molecule has 1 saturated heterocycles. The molecule has 0 atom stereocenters. The predicted molar refractivity (Wildman–Crippen MR) is 91.9 cm³/mol. The fourth-order valence-corrected chi connectivity index (χ4v) is 3.96. The Hall–Kier alpha value is -0.870. The third-order valence-corrected chi connectivity index (χ3v) is 5.37. The molecule has 0 bridgehead atoms. The summed E-state index contributed by atoms with van der Waals surface area (Å²) in [5, 5.41) is 3.49. The predicted octanol–water partition coefficient (Wildman–Crippen LogP) is 4.41. The van der Waals surface area contributed by atoms with Gasteiger partial charge in [0.1, 0.15) is 5.82 Å². The van der Waals surface area contributed by atoms with Crippen molar-refractivity contribution in [3.8, 4) is 0 Å². The molecule has 1 aromatic heterocycles. The molecule has 114 valence electrons. The van der Waals surface area contributed by atoms with Gasteiger partial charge in [0.25, 0.3) is 0 Å². The van der Waals surface area contributed by atoms with E-state index in [-0.39, 0.29) is 5.41 Å². The SMILES string of the molecule is CCC1(c2nc3cc(Br)ccc3n2C(C)C)CCNCC1. The maximum atomic E-state index is 5.07. The zero-order valence-corrected chi connectivity index (χ0v) is 14.7. The molecule has 0 unspecified atom stereocenters. The van der Waals surface area contributed by atoms with Gasteiger partial charge in [-0.25, -0.2) is 4.98 Å². The Morgan fingerprint density at radius 3 is 2.67 bits per heavy atom. The highest BCUT2D eigenvalue weighted by atomic mass is 79.9. The number of nitrogens with zero attached hydrogens (tertiary/aromatic N) is 2. The zero-order valence-electron chi connectivity index (χ0n) is 13.1. The second-order valence-corrected chi connectivity index (χ2v) is 7.33. The minimum absolute atomic E-state index is 0.223. The monoisotopic (exact) mass is 349 g/mol. The topological polar surface area (TPSA) is 29.9 Å². The van der Waals surface area contributed by atoms with Gasteiger partial charge < -0.3 is 9.88 Å². The number of nitrogens with one attached hydrogen (secondary N) is 1. The number of benzene rings is 1. The van der Waals surface area contributed by atoms with Crippen LogP contribution in [0.3, 0.4) is 0 Å². The molecule has 0 aliphatic carbocycles. The molecule has 1 aliphatic heterocycles. The van der Waals surface area contributed by atoms with E-state index in [2.05, 4.69) is 64.8 Å². The quantitative estimate of drug-likeness (QED) is 0.889. The Morgan fingerprint density at radius 1 is 1.33 bits per heavy atom. The Kier molecular flexibility index (Phi) is 4.10. The first kappa shape index (κ1) is 15.0. The van der Waals surface area contributed by atoms with Crippen LogP contribution in [0.5, 0.6) is 0 Å². The molecule has 2 heterocycles. The molecule has 1 aromatic carbocycles. The van der Waals surface area contributed by atoms with Crippen LogP contribution in [0.1, 0.15) is 51.9 Å². The number of hydrogen-bond acceptors (Lipinski definition) is 2. The number of fused-ring (bicyclic) bond motifs is 1. The Bertz CT molecular complexity index is 639. The lowest BCUT2D eigenvalue weighted by atomic mass is 9.75. The van der Waals surface area contributed by atoms with Crippen LogP contribution in [-0.4, -0.2) is 22.6 Å². The zero-order chi connectivity index (χ0) is 15.0. The number of halogens is 1. The number of rotatable bonds is 3. The summed E-state index contributed by atoms with van der Waals surface area (Å²) in [6.45, 7) is 9.02. The van der Waals surface area contributed by atoms with Crippen molar-refractivity contribution >= 4 is 27.0 Å². The molecule has 3 rings (SSSR count). The van der Waals surface area contributed by atoms with Crippen molar-refractivity contribution in [3.05, 3.63) is 28.5 Å². The highest BCUT2D eigenvalue weighted by Crippen LogP contribution is 2.39. The van der Waals surface area contributed by atoms with Gasteiger partial charge in [0, 0.05) is 15.9 Å². The molecule has 2 aromatic rings. The van der Waals surface area contributed by atoms with Crippen LogP contribution < -0.4 is 5.32 Å². The van der Waals surface area contributed by atoms with E-state index in [0.717, 1.165) is 29.5 Å². The second-order valence-electron chi connectivity index (χ2n) is 6.42. The van der Waals surface area contributed by atoms with E-state index >= 15 is 0 Å². The molecule has 4 heteroatoms. The van der Waals surface area contributed by atoms with Gasteiger partial charge in [-0.1, -0.05) is 22.9 Å². The van der Waals surface area contributed by atoms with Crippen LogP contribution in [-0.2, 0) is 5.41 Å². The van der Waals surface area contributed by atoms with Crippen molar-refractivity contribution in [1.82, 2.24) is 14.9 Å². The Morgan fingerprint density at radius 2 is 2.05 bits per heavy atom. The van der Waals surface area contributed by atoms with Gasteiger partial charge in [0.2, 0.25) is 0 Å². The van der Waals surface area contributed by atoms with Crippen LogP contribution in [0.4, 0.5) is 0 Å². The van der Waals surface area contributed by atoms with Gasteiger partial charge in [-0.05, 0) is 64.4 Å². The highest BCUT2D eigenvalue weighted by molar-refractivity contribution is 9.10. The largest absolute Gasteiger partial charge is 0.325 e.